The average molecular weight is 359 g/mol. The van der Waals surface area contributed by atoms with Crippen LogP contribution in [0.3, 0.4) is 0 Å². The molecule has 3 aromatic heterocycles. The van der Waals surface area contributed by atoms with Gasteiger partial charge in [-0.1, -0.05) is 12.1 Å². The van der Waals surface area contributed by atoms with E-state index >= 15 is 0 Å². The van der Waals surface area contributed by atoms with Crippen molar-refractivity contribution in [3.8, 4) is 17.5 Å². The minimum atomic E-state index is -0.776. The number of nitrogens with zero attached hydrogens (tertiary/aromatic N) is 4. The molecule has 0 radical (unpaired) electrons. The van der Waals surface area contributed by atoms with Gasteiger partial charge >= 0.3 is 0 Å². The minimum absolute atomic E-state index is 0.344. The Balaban J connectivity index is 1.79. The first kappa shape index (κ1) is 16.1. The highest BCUT2D eigenvalue weighted by Gasteiger charge is 2.17. The summed E-state index contributed by atoms with van der Waals surface area (Å²) in [6.45, 7) is 0. The fraction of sp³-hybridized carbons (Fsp3) is 0.0526. The van der Waals surface area contributed by atoms with E-state index in [4.69, 9.17) is 11.0 Å². The Labute approximate surface area is 153 Å². The molecule has 4 rings (SSSR count). The molecule has 0 saturated heterocycles. The van der Waals surface area contributed by atoms with Crippen LogP contribution in [0.1, 0.15) is 22.1 Å². The molecule has 1 aromatic carbocycles. The van der Waals surface area contributed by atoms with Crippen molar-refractivity contribution in [1.29, 1.82) is 5.26 Å². The number of thiophene rings is 1. The van der Waals surface area contributed by atoms with Crippen molar-refractivity contribution in [2.75, 3.05) is 5.73 Å². The molecule has 3 N–H and O–H groups in total. The highest BCUT2D eigenvalue weighted by atomic mass is 32.1. The van der Waals surface area contributed by atoms with Gasteiger partial charge in [0.25, 0.3) is 0 Å². The molecule has 26 heavy (non-hydrogen) atoms. The molecule has 0 aliphatic carbocycles. The second kappa shape index (κ2) is 6.52. The number of pyridine rings is 1. The van der Waals surface area contributed by atoms with Crippen molar-refractivity contribution in [2.24, 2.45) is 0 Å². The second-order valence-electron chi connectivity index (χ2n) is 5.68. The van der Waals surface area contributed by atoms with E-state index in [1.165, 1.54) is 11.3 Å². The molecular weight excluding hydrogens is 346 g/mol. The number of hydrogen-bond acceptors (Lipinski definition) is 7. The van der Waals surface area contributed by atoms with Gasteiger partial charge in [-0.3, -0.25) is 4.98 Å². The lowest BCUT2D eigenvalue weighted by molar-refractivity contribution is 0.224. The van der Waals surface area contributed by atoms with Crippen molar-refractivity contribution >= 4 is 27.4 Å². The molecule has 1 unspecified atom stereocenters. The zero-order valence-electron chi connectivity index (χ0n) is 13.5. The summed E-state index contributed by atoms with van der Waals surface area (Å²) in [6.07, 6.45) is 2.50. The first-order valence-corrected chi connectivity index (χ1v) is 8.63. The molecule has 0 saturated carbocycles. The molecule has 0 spiro atoms. The largest absolute Gasteiger partial charge is 0.383 e. The Morgan fingerprint density at radius 1 is 1.12 bits per heavy atom. The van der Waals surface area contributed by atoms with Gasteiger partial charge in [0.1, 0.15) is 16.8 Å². The first-order chi connectivity index (χ1) is 12.7. The fourth-order valence-electron chi connectivity index (χ4n) is 2.66. The highest BCUT2D eigenvalue weighted by molar-refractivity contribution is 7.18. The molecule has 7 heteroatoms. The zero-order valence-corrected chi connectivity index (χ0v) is 14.3. The number of aromatic nitrogens is 3. The molecule has 0 aliphatic heterocycles. The third-order valence-corrected chi connectivity index (χ3v) is 5.06. The summed E-state index contributed by atoms with van der Waals surface area (Å²) in [5, 5.41) is 20.4. The number of nitrogen functional groups attached to an aromatic ring is 1. The van der Waals surface area contributed by atoms with Crippen LogP contribution in [0.15, 0.2) is 54.9 Å². The minimum Gasteiger partial charge on any atom is -0.383 e. The standard InChI is InChI=1S/C19H13N5OS/c20-10-11-2-1-3-13(8-11)18-23-17(21)14-9-15(26-19(14)24-18)16(25)12-4-6-22-7-5-12/h1-9,16,25H,(H2,21,23,24). The predicted octanol–water partition coefficient (Wildman–Crippen LogP) is 3.29. The topological polar surface area (TPSA) is 109 Å². The van der Waals surface area contributed by atoms with E-state index in [0.29, 0.717) is 27.4 Å². The molecule has 126 valence electrons. The summed E-state index contributed by atoms with van der Waals surface area (Å²) in [6, 6.07) is 14.5. The number of anilines is 1. The van der Waals surface area contributed by atoms with Gasteiger partial charge in [0, 0.05) is 22.8 Å². The maximum Gasteiger partial charge on any atom is 0.163 e. The Kier molecular flexibility index (Phi) is 4.05. The maximum atomic E-state index is 10.6. The summed E-state index contributed by atoms with van der Waals surface area (Å²) in [7, 11) is 0. The van der Waals surface area contributed by atoms with Gasteiger partial charge in [0.2, 0.25) is 0 Å². The number of aliphatic hydroxyl groups excluding tert-OH is 1. The predicted molar refractivity (Wildman–Crippen MR) is 100 cm³/mol. The number of nitrogens with two attached hydrogens (primary N) is 1. The van der Waals surface area contributed by atoms with Gasteiger partial charge in [-0.05, 0) is 35.9 Å². The van der Waals surface area contributed by atoms with Gasteiger partial charge in [-0.25, -0.2) is 9.97 Å². The van der Waals surface area contributed by atoms with Gasteiger partial charge in [0.15, 0.2) is 5.82 Å². The fourth-order valence-corrected chi connectivity index (χ4v) is 3.72. The van der Waals surface area contributed by atoms with Gasteiger partial charge in [-0.2, -0.15) is 5.26 Å². The van der Waals surface area contributed by atoms with Crippen LogP contribution >= 0.6 is 11.3 Å². The Hall–Kier alpha value is -3.34. The molecule has 6 nitrogen and oxygen atoms in total. The van der Waals surface area contributed by atoms with Crippen LogP contribution in [-0.4, -0.2) is 20.1 Å². The number of benzene rings is 1. The van der Waals surface area contributed by atoms with Crippen molar-refractivity contribution < 1.29 is 5.11 Å². The van der Waals surface area contributed by atoms with Gasteiger partial charge < -0.3 is 10.8 Å². The van der Waals surface area contributed by atoms with E-state index in [2.05, 4.69) is 21.0 Å². The van der Waals surface area contributed by atoms with Crippen LogP contribution in [0.2, 0.25) is 0 Å². The van der Waals surface area contributed by atoms with Crippen LogP contribution in [0.5, 0.6) is 0 Å². The molecule has 0 aliphatic rings. The van der Waals surface area contributed by atoms with Crippen LogP contribution in [0, 0.1) is 11.3 Å². The monoisotopic (exact) mass is 359 g/mol. The van der Waals surface area contributed by atoms with Crippen LogP contribution in [0.4, 0.5) is 5.82 Å². The number of aliphatic hydroxyl groups is 1. The normalized spacial score (nSPS) is 12.0. The van der Waals surface area contributed by atoms with Crippen LogP contribution in [0.25, 0.3) is 21.6 Å². The Bertz CT molecular complexity index is 1130. The van der Waals surface area contributed by atoms with E-state index in [1.807, 2.05) is 12.1 Å². The molecule has 4 aromatic rings. The number of fused-ring (bicyclic) bond motifs is 1. The lowest BCUT2D eigenvalue weighted by atomic mass is 10.1. The van der Waals surface area contributed by atoms with Crippen LogP contribution < -0.4 is 5.73 Å². The van der Waals surface area contributed by atoms with E-state index in [9.17, 15) is 5.11 Å². The number of hydrogen-bond donors (Lipinski definition) is 2. The third kappa shape index (κ3) is 2.88. The molecule has 1 atom stereocenters. The summed E-state index contributed by atoms with van der Waals surface area (Å²) < 4.78 is 0. The van der Waals surface area contributed by atoms with Crippen molar-refractivity contribution in [2.45, 2.75) is 6.10 Å². The van der Waals surface area contributed by atoms with Gasteiger partial charge in [-0.15, -0.1) is 11.3 Å². The average Bonchev–Trinajstić information content (AvgIpc) is 3.13. The summed E-state index contributed by atoms with van der Waals surface area (Å²) in [5.41, 5.74) is 8.12. The quantitative estimate of drug-likeness (QED) is 0.581. The Morgan fingerprint density at radius 3 is 2.69 bits per heavy atom. The van der Waals surface area contributed by atoms with Crippen molar-refractivity contribution in [1.82, 2.24) is 15.0 Å². The molecule has 3 heterocycles. The Morgan fingerprint density at radius 2 is 1.92 bits per heavy atom. The van der Waals surface area contributed by atoms with E-state index in [1.54, 1.807) is 42.7 Å². The SMILES string of the molecule is N#Cc1cccc(-c2nc(N)c3cc(C(O)c4ccncc4)sc3n2)c1. The third-order valence-electron chi connectivity index (χ3n) is 3.98. The number of nitriles is 1. The van der Waals surface area contributed by atoms with Crippen molar-refractivity contribution in [3.63, 3.8) is 0 Å². The highest BCUT2D eigenvalue weighted by Crippen LogP contribution is 2.35. The van der Waals surface area contributed by atoms with E-state index in [0.717, 1.165) is 16.0 Å². The molecule has 0 amide bonds. The summed E-state index contributed by atoms with van der Waals surface area (Å²) >= 11 is 1.37. The smallest absolute Gasteiger partial charge is 0.163 e. The van der Waals surface area contributed by atoms with Gasteiger partial charge in [0.05, 0.1) is 17.0 Å². The maximum absolute atomic E-state index is 10.6. The van der Waals surface area contributed by atoms with E-state index in [-0.39, 0.29) is 0 Å². The zero-order chi connectivity index (χ0) is 18.1. The molecule has 0 fully saturated rings. The summed E-state index contributed by atoms with van der Waals surface area (Å²) in [4.78, 5) is 14.3. The lowest BCUT2D eigenvalue weighted by Gasteiger charge is -2.07. The first-order valence-electron chi connectivity index (χ1n) is 7.81. The van der Waals surface area contributed by atoms with Crippen molar-refractivity contribution in [3.05, 3.63) is 70.9 Å². The molecule has 0 bridgehead atoms. The van der Waals surface area contributed by atoms with E-state index < -0.39 is 6.10 Å². The van der Waals surface area contributed by atoms with Crippen LogP contribution in [-0.2, 0) is 0 Å². The molecular formula is C19H13N5OS. The number of rotatable bonds is 3. The lowest BCUT2D eigenvalue weighted by Crippen LogP contribution is -1.97. The summed E-state index contributed by atoms with van der Waals surface area (Å²) in [5.74, 6) is 0.802. The second-order valence-corrected chi connectivity index (χ2v) is 6.74.